The minimum atomic E-state index is 0.0312. The van der Waals surface area contributed by atoms with E-state index in [1.54, 1.807) is 12.1 Å². The lowest BCUT2D eigenvalue weighted by Gasteiger charge is -2.09. The van der Waals surface area contributed by atoms with E-state index in [0.717, 1.165) is 5.56 Å². The van der Waals surface area contributed by atoms with Gasteiger partial charge in [0.25, 0.3) is 0 Å². The van der Waals surface area contributed by atoms with Gasteiger partial charge in [0, 0.05) is 17.9 Å². The summed E-state index contributed by atoms with van der Waals surface area (Å²) in [6.07, 6.45) is 0.450. The van der Waals surface area contributed by atoms with Gasteiger partial charge in [-0.25, -0.2) is 0 Å². The Labute approximate surface area is 92.0 Å². The number of rotatable bonds is 1. The molecule has 0 saturated carbocycles. The first kappa shape index (κ1) is 9.97. The van der Waals surface area contributed by atoms with Crippen molar-refractivity contribution in [1.82, 2.24) is 0 Å². The van der Waals surface area contributed by atoms with Crippen molar-refractivity contribution in [2.75, 3.05) is 6.54 Å². The second-order valence-corrected chi connectivity index (χ2v) is 4.17. The number of hydrogen-bond acceptors (Lipinski definition) is 2. The molecule has 0 spiro atoms. The summed E-state index contributed by atoms with van der Waals surface area (Å²) in [6.45, 7) is 0.429. The molecule has 2 N–H and O–H groups in total. The zero-order chi connectivity index (χ0) is 10.3. The maximum Gasteiger partial charge on any atom is 0.163 e. The summed E-state index contributed by atoms with van der Waals surface area (Å²) < 4.78 is 0. The van der Waals surface area contributed by atoms with Crippen LogP contribution in [0.15, 0.2) is 12.1 Å². The molecule has 0 radical (unpaired) electrons. The smallest absolute Gasteiger partial charge is 0.163 e. The number of nitrogens with two attached hydrogens (primary N) is 1. The Morgan fingerprint density at radius 2 is 2.14 bits per heavy atom. The number of carbonyl (C=O) groups is 1. The van der Waals surface area contributed by atoms with E-state index in [9.17, 15) is 4.79 Å². The second kappa shape index (κ2) is 3.54. The first-order chi connectivity index (χ1) is 6.65. The molecule has 0 heterocycles. The molecular weight excluding hydrogens is 221 g/mol. The average Bonchev–Trinajstić information content (AvgIpc) is 2.50. The Kier molecular flexibility index (Phi) is 2.52. The molecule has 4 heteroatoms. The highest BCUT2D eigenvalue weighted by Gasteiger charge is 2.31. The summed E-state index contributed by atoms with van der Waals surface area (Å²) in [5, 5.41) is 0.962. The Hall–Kier alpha value is -0.570. The highest BCUT2D eigenvalue weighted by molar-refractivity contribution is 6.43. The van der Waals surface area contributed by atoms with E-state index in [0.29, 0.717) is 28.6 Å². The van der Waals surface area contributed by atoms with Gasteiger partial charge in [-0.15, -0.1) is 0 Å². The molecule has 0 amide bonds. The topological polar surface area (TPSA) is 43.1 Å². The van der Waals surface area contributed by atoms with E-state index in [1.165, 1.54) is 0 Å². The molecule has 0 fully saturated rings. The van der Waals surface area contributed by atoms with E-state index < -0.39 is 0 Å². The van der Waals surface area contributed by atoms with Crippen molar-refractivity contribution in [2.24, 2.45) is 5.73 Å². The fourth-order valence-electron chi connectivity index (χ4n) is 1.85. The van der Waals surface area contributed by atoms with Crippen molar-refractivity contribution in [3.8, 4) is 0 Å². The molecule has 0 bridgehead atoms. The molecule has 1 unspecified atom stereocenters. The van der Waals surface area contributed by atoms with Crippen molar-refractivity contribution in [3.05, 3.63) is 33.3 Å². The van der Waals surface area contributed by atoms with Gasteiger partial charge in [-0.05, 0) is 24.2 Å². The summed E-state index contributed by atoms with van der Waals surface area (Å²) in [7, 11) is 0. The highest BCUT2D eigenvalue weighted by atomic mass is 35.5. The van der Waals surface area contributed by atoms with Gasteiger partial charge in [0.1, 0.15) is 0 Å². The van der Waals surface area contributed by atoms with Crippen LogP contribution in [0.3, 0.4) is 0 Å². The van der Waals surface area contributed by atoms with Crippen molar-refractivity contribution in [2.45, 2.75) is 12.3 Å². The van der Waals surface area contributed by atoms with Crippen LogP contribution in [0.4, 0.5) is 0 Å². The van der Waals surface area contributed by atoms with Crippen molar-refractivity contribution < 1.29 is 4.79 Å². The molecule has 1 atom stereocenters. The summed E-state index contributed by atoms with van der Waals surface area (Å²) in [6, 6.07) is 3.38. The second-order valence-electron chi connectivity index (χ2n) is 3.38. The molecule has 14 heavy (non-hydrogen) atoms. The van der Waals surface area contributed by atoms with Gasteiger partial charge in [0.05, 0.1) is 10.0 Å². The first-order valence-electron chi connectivity index (χ1n) is 4.36. The molecule has 0 saturated heterocycles. The third-order valence-electron chi connectivity index (χ3n) is 2.56. The van der Waals surface area contributed by atoms with Gasteiger partial charge in [-0.2, -0.15) is 0 Å². The maximum absolute atomic E-state index is 11.5. The Morgan fingerprint density at radius 3 is 2.79 bits per heavy atom. The van der Waals surface area contributed by atoms with E-state index >= 15 is 0 Å². The van der Waals surface area contributed by atoms with Gasteiger partial charge in [-0.1, -0.05) is 23.2 Å². The van der Waals surface area contributed by atoms with Crippen LogP contribution in [-0.4, -0.2) is 12.3 Å². The summed E-state index contributed by atoms with van der Waals surface area (Å²) in [4.78, 5) is 11.5. The summed E-state index contributed by atoms with van der Waals surface area (Å²) >= 11 is 11.9. The molecule has 2 rings (SSSR count). The Morgan fingerprint density at radius 1 is 1.43 bits per heavy atom. The Bertz CT molecular complexity index is 403. The zero-order valence-electron chi connectivity index (χ0n) is 7.39. The van der Waals surface area contributed by atoms with Crippen LogP contribution >= 0.6 is 23.2 Å². The Balaban J connectivity index is 2.63. The largest absolute Gasteiger partial charge is 0.330 e. The minimum Gasteiger partial charge on any atom is -0.330 e. The molecule has 1 aliphatic rings. The lowest BCUT2D eigenvalue weighted by atomic mass is 10.0. The van der Waals surface area contributed by atoms with Gasteiger partial charge < -0.3 is 5.73 Å². The van der Waals surface area contributed by atoms with Crippen molar-refractivity contribution >= 4 is 29.0 Å². The standard InChI is InChI=1S/C10H9Cl2NO/c11-7-2-1-6-8(14)3-5(4-13)9(6)10(7)12/h1-2,5H,3-4,13H2. The number of fused-ring (bicyclic) bond motifs is 1. The van der Waals surface area contributed by atoms with Crippen LogP contribution in [0.1, 0.15) is 28.3 Å². The fraction of sp³-hybridized carbons (Fsp3) is 0.300. The van der Waals surface area contributed by atoms with E-state index in [4.69, 9.17) is 28.9 Å². The number of Topliss-reactive ketones (excluding diaryl/α,β-unsaturated/α-hetero) is 1. The molecule has 2 nitrogen and oxygen atoms in total. The molecule has 0 aliphatic heterocycles. The third-order valence-corrected chi connectivity index (χ3v) is 3.38. The SMILES string of the molecule is NCC1CC(=O)c2ccc(Cl)c(Cl)c21. The summed E-state index contributed by atoms with van der Waals surface area (Å²) in [5.41, 5.74) is 7.08. The van der Waals surface area contributed by atoms with Crippen LogP contribution in [-0.2, 0) is 0 Å². The number of hydrogen-bond donors (Lipinski definition) is 1. The summed E-state index contributed by atoms with van der Waals surface area (Å²) in [5.74, 6) is 0.137. The average molecular weight is 230 g/mol. The van der Waals surface area contributed by atoms with Crippen LogP contribution in [0.5, 0.6) is 0 Å². The lowest BCUT2D eigenvalue weighted by molar-refractivity contribution is 0.0989. The monoisotopic (exact) mass is 229 g/mol. The maximum atomic E-state index is 11.5. The minimum absolute atomic E-state index is 0.0312. The van der Waals surface area contributed by atoms with Crippen LogP contribution < -0.4 is 5.73 Å². The number of halogens is 2. The molecule has 74 valence electrons. The van der Waals surface area contributed by atoms with Gasteiger partial charge in [-0.3, -0.25) is 4.79 Å². The first-order valence-corrected chi connectivity index (χ1v) is 5.12. The number of ketones is 1. The normalized spacial score (nSPS) is 19.9. The van der Waals surface area contributed by atoms with Gasteiger partial charge in [0.15, 0.2) is 5.78 Å². The molecular formula is C10H9Cl2NO. The predicted molar refractivity (Wildman–Crippen MR) is 57.2 cm³/mol. The van der Waals surface area contributed by atoms with Crippen LogP contribution in [0.2, 0.25) is 10.0 Å². The van der Waals surface area contributed by atoms with Crippen LogP contribution in [0, 0.1) is 0 Å². The number of carbonyl (C=O) groups excluding carboxylic acids is 1. The molecule has 1 aromatic rings. The van der Waals surface area contributed by atoms with Crippen LogP contribution in [0.25, 0.3) is 0 Å². The number of benzene rings is 1. The molecule has 1 aromatic carbocycles. The van der Waals surface area contributed by atoms with E-state index in [-0.39, 0.29) is 11.7 Å². The zero-order valence-corrected chi connectivity index (χ0v) is 8.90. The van der Waals surface area contributed by atoms with E-state index in [2.05, 4.69) is 0 Å². The quantitative estimate of drug-likeness (QED) is 0.805. The third kappa shape index (κ3) is 1.34. The predicted octanol–water partition coefficient (Wildman–Crippen LogP) is 2.62. The van der Waals surface area contributed by atoms with E-state index in [1.807, 2.05) is 0 Å². The molecule has 1 aliphatic carbocycles. The highest BCUT2D eigenvalue weighted by Crippen LogP contribution is 2.40. The fourth-order valence-corrected chi connectivity index (χ4v) is 2.33. The van der Waals surface area contributed by atoms with Crippen molar-refractivity contribution in [3.63, 3.8) is 0 Å². The molecule has 0 aromatic heterocycles. The van der Waals surface area contributed by atoms with Gasteiger partial charge in [0.2, 0.25) is 0 Å². The van der Waals surface area contributed by atoms with Crippen molar-refractivity contribution in [1.29, 1.82) is 0 Å². The van der Waals surface area contributed by atoms with Gasteiger partial charge >= 0.3 is 0 Å². The lowest BCUT2D eigenvalue weighted by Crippen LogP contribution is -2.10.